The van der Waals surface area contributed by atoms with Crippen molar-refractivity contribution in [2.75, 3.05) is 13.1 Å². The Morgan fingerprint density at radius 1 is 1.67 bits per heavy atom. The van der Waals surface area contributed by atoms with Crippen molar-refractivity contribution in [1.29, 1.82) is 0 Å². The van der Waals surface area contributed by atoms with Crippen LogP contribution in [0.1, 0.15) is 17.2 Å². The van der Waals surface area contributed by atoms with Gasteiger partial charge in [-0.3, -0.25) is 4.79 Å². The molecule has 1 amide bonds. The molecule has 0 saturated heterocycles. The lowest BCUT2D eigenvalue weighted by Crippen LogP contribution is -2.35. The monoisotopic (exact) mass is 251 g/mol. The van der Waals surface area contributed by atoms with Gasteiger partial charge >= 0.3 is 0 Å². The fourth-order valence-corrected chi connectivity index (χ4v) is 1.47. The van der Waals surface area contributed by atoms with Crippen molar-refractivity contribution < 1.29 is 9.18 Å². The van der Waals surface area contributed by atoms with Gasteiger partial charge in [0, 0.05) is 18.0 Å². The van der Waals surface area contributed by atoms with Crippen LogP contribution in [0.15, 0.2) is 23.3 Å². The summed E-state index contributed by atoms with van der Waals surface area (Å²) < 4.78 is 13.4. The second-order valence-electron chi connectivity index (χ2n) is 3.75. The molecule has 0 bridgehead atoms. The van der Waals surface area contributed by atoms with Crippen LogP contribution in [-0.2, 0) is 4.79 Å². The molecule has 0 fully saturated rings. The highest BCUT2D eigenvalue weighted by Crippen LogP contribution is 2.16. The number of nitrogens with one attached hydrogen (secondary N) is 1. The summed E-state index contributed by atoms with van der Waals surface area (Å²) in [5.41, 5.74) is 14.3. The molecule has 3 N–H and O–H groups in total. The van der Waals surface area contributed by atoms with Crippen LogP contribution in [0.2, 0.25) is 0 Å². The van der Waals surface area contributed by atoms with Crippen LogP contribution < -0.4 is 11.1 Å². The average molecular weight is 251 g/mol. The Labute approximate surface area is 104 Å². The molecular formula is C11H14FN5O. The maximum atomic E-state index is 13.4. The van der Waals surface area contributed by atoms with Crippen LogP contribution >= 0.6 is 0 Å². The van der Waals surface area contributed by atoms with Crippen molar-refractivity contribution in [2.45, 2.75) is 13.0 Å². The number of carbonyl (C=O) groups is 1. The first-order chi connectivity index (χ1) is 8.56. The van der Waals surface area contributed by atoms with E-state index in [1.54, 1.807) is 19.1 Å². The van der Waals surface area contributed by atoms with Crippen molar-refractivity contribution in [3.63, 3.8) is 0 Å². The van der Waals surface area contributed by atoms with Gasteiger partial charge in [0.15, 0.2) is 0 Å². The first-order valence-corrected chi connectivity index (χ1v) is 5.36. The molecular weight excluding hydrogens is 237 g/mol. The molecule has 1 atom stereocenters. The zero-order valence-corrected chi connectivity index (χ0v) is 9.93. The number of azide groups is 1. The molecule has 7 heteroatoms. The molecule has 0 spiro atoms. The minimum atomic E-state index is -0.797. The normalized spacial score (nSPS) is 11.7. The Bertz CT molecular complexity index is 484. The van der Waals surface area contributed by atoms with Gasteiger partial charge in [-0.1, -0.05) is 17.2 Å². The first-order valence-electron chi connectivity index (χ1n) is 5.36. The molecule has 0 radical (unpaired) electrons. The van der Waals surface area contributed by atoms with Crippen molar-refractivity contribution in [3.05, 3.63) is 45.6 Å². The third-order valence-corrected chi connectivity index (χ3v) is 2.44. The highest BCUT2D eigenvalue weighted by atomic mass is 19.1. The van der Waals surface area contributed by atoms with Crippen LogP contribution in [0.25, 0.3) is 10.4 Å². The van der Waals surface area contributed by atoms with Gasteiger partial charge in [0.05, 0.1) is 0 Å². The maximum absolute atomic E-state index is 13.4. The molecule has 1 aromatic carbocycles. The number of carbonyl (C=O) groups excluding carboxylic acids is 1. The SMILES string of the molecule is Cc1ccc(C(NCCN=[N+]=[N-])C(N)=O)cc1F. The average Bonchev–Trinajstić information content (AvgIpc) is 2.32. The Morgan fingerprint density at radius 3 is 2.94 bits per heavy atom. The Hall–Kier alpha value is -2.11. The smallest absolute Gasteiger partial charge is 0.239 e. The van der Waals surface area contributed by atoms with Crippen LogP contribution in [0.5, 0.6) is 0 Å². The minimum absolute atomic E-state index is 0.189. The summed E-state index contributed by atoms with van der Waals surface area (Å²) in [5, 5.41) is 6.13. The van der Waals surface area contributed by atoms with Crippen molar-refractivity contribution in [3.8, 4) is 0 Å². The third kappa shape index (κ3) is 3.73. The number of nitrogens with zero attached hydrogens (tertiary/aromatic N) is 3. The third-order valence-electron chi connectivity index (χ3n) is 2.44. The zero-order chi connectivity index (χ0) is 13.5. The largest absolute Gasteiger partial charge is 0.368 e. The topological polar surface area (TPSA) is 104 Å². The van der Waals surface area contributed by atoms with E-state index in [0.717, 1.165) is 0 Å². The van der Waals surface area contributed by atoms with Crippen LogP contribution in [0, 0.1) is 12.7 Å². The van der Waals surface area contributed by atoms with Gasteiger partial charge in [-0.05, 0) is 29.6 Å². The van der Waals surface area contributed by atoms with E-state index < -0.39 is 17.8 Å². The van der Waals surface area contributed by atoms with E-state index in [2.05, 4.69) is 15.3 Å². The fourth-order valence-electron chi connectivity index (χ4n) is 1.47. The van der Waals surface area contributed by atoms with Crippen LogP contribution in [0.4, 0.5) is 4.39 Å². The van der Waals surface area contributed by atoms with Gasteiger partial charge in [0.2, 0.25) is 5.91 Å². The first kappa shape index (κ1) is 14.0. The second kappa shape index (κ2) is 6.58. The van der Waals surface area contributed by atoms with Gasteiger partial charge in [-0.2, -0.15) is 0 Å². The summed E-state index contributed by atoms with van der Waals surface area (Å²) >= 11 is 0. The van der Waals surface area contributed by atoms with Gasteiger partial charge in [-0.25, -0.2) is 4.39 Å². The molecule has 0 heterocycles. The summed E-state index contributed by atoms with van der Waals surface area (Å²) in [7, 11) is 0. The zero-order valence-electron chi connectivity index (χ0n) is 9.93. The number of hydrogen-bond donors (Lipinski definition) is 2. The van der Waals surface area contributed by atoms with E-state index in [4.69, 9.17) is 11.3 Å². The molecule has 0 aliphatic rings. The summed E-state index contributed by atoms with van der Waals surface area (Å²) in [5.74, 6) is -1.00. The molecule has 1 rings (SSSR count). The molecule has 96 valence electrons. The predicted molar refractivity (Wildman–Crippen MR) is 65.1 cm³/mol. The summed E-state index contributed by atoms with van der Waals surface area (Å²) in [6.45, 7) is 2.11. The minimum Gasteiger partial charge on any atom is -0.368 e. The molecule has 0 saturated carbocycles. The highest BCUT2D eigenvalue weighted by Gasteiger charge is 2.17. The van der Waals surface area contributed by atoms with Crippen LogP contribution in [-0.4, -0.2) is 19.0 Å². The quantitative estimate of drug-likeness (QED) is 0.346. The molecule has 18 heavy (non-hydrogen) atoms. The van der Waals surface area contributed by atoms with Gasteiger partial charge in [0.25, 0.3) is 0 Å². The number of primary amides is 1. The Morgan fingerprint density at radius 2 is 2.39 bits per heavy atom. The molecule has 0 aliphatic carbocycles. The molecule has 1 aromatic rings. The predicted octanol–water partition coefficient (Wildman–Crippen LogP) is 1.56. The number of amides is 1. The van der Waals surface area contributed by atoms with E-state index in [9.17, 15) is 9.18 Å². The number of hydrogen-bond acceptors (Lipinski definition) is 3. The number of nitrogens with two attached hydrogens (primary N) is 1. The van der Waals surface area contributed by atoms with E-state index >= 15 is 0 Å². The number of rotatable bonds is 6. The van der Waals surface area contributed by atoms with Crippen molar-refractivity contribution in [1.82, 2.24) is 5.32 Å². The summed E-state index contributed by atoms with van der Waals surface area (Å²) in [4.78, 5) is 13.9. The van der Waals surface area contributed by atoms with E-state index in [-0.39, 0.29) is 13.1 Å². The molecule has 1 unspecified atom stereocenters. The van der Waals surface area contributed by atoms with Crippen molar-refractivity contribution >= 4 is 5.91 Å². The van der Waals surface area contributed by atoms with Crippen molar-refractivity contribution in [2.24, 2.45) is 10.8 Å². The number of benzene rings is 1. The summed E-state index contributed by atoms with van der Waals surface area (Å²) in [6, 6.07) is 3.68. The Balaban J connectivity index is 2.80. The van der Waals surface area contributed by atoms with Gasteiger partial charge in [0.1, 0.15) is 11.9 Å². The Kier molecular flexibility index (Phi) is 5.10. The van der Waals surface area contributed by atoms with Crippen LogP contribution in [0.3, 0.4) is 0 Å². The van der Waals surface area contributed by atoms with E-state index in [0.29, 0.717) is 11.1 Å². The molecule has 0 aromatic heterocycles. The lowest BCUT2D eigenvalue weighted by molar-refractivity contribution is -0.120. The summed E-state index contributed by atoms with van der Waals surface area (Å²) in [6.07, 6.45) is 0. The molecule has 6 nitrogen and oxygen atoms in total. The number of halogens is 1. The van der Waals surface area contributed by atoms with E-state index in [1.807, 2.05) is 0 Å². The number of aryl methyl sites for hydroxylation is 1. The second-order valence-corrected chi connectivity index (χ2v) is 3.75. The molecule has 0 aliphatic heterocycles. The fraction of sp³-hybridized carbons (Fsp3) is 0.364. The van der Waals surface area contributed by atoms with Gasteiger partial charge in [-0.15, -0.1) is 0 Å². The van der Waals surface area contributed by atoms with Gasteiger partial charge < -0.3 is 11.1 Å². The standard InChI is InChI=1S/C11H14FN5O/c1-7-2-3-8(6-9(7)12)10(11(13)18)15-4-5-16-17-14/h2-3,6,10,15H,4-5H2,1H3,(H2,13,18). The maximum Gasteiger partial charge on any atom is 0.239 e. The van der Waals surface area contributed by atoms with E-state index in [1.165, 1.54) is 6.07 Å². The lowest BCUT2D eigenvalue weighted by Gasteiger charge is -2.15. The lowest BCUT2D eigenvalue weighted by atomic mass is 10.0. The highest BCUT2D eigenvalue weighted by molar-refractivity contribution is 5.81.